The number of carbonyl (C=O) groups is 2. The van der Waals surface area contributed by atoms with Crippen molar-refractivity contribution in [1.29, 1.82) is 0 Å². The highest BCUT2D eigenvalue weighted by Gasteiger charge is 2.07. The van der Waals surface area contributed by atoms with Gasteiger partial charge in [0.2, 0.25) is 0 Å². The van der Waals surface area contributed by atoms with Crippen molar-refractivity contribution in [1.82, 2.24) is 5.32 Å². The van der Waals surface area contributed by atoms with Crippen LogP contribution in [0.4, 0.5) is 11.4 Å². The molecule has 2 amide bonds. The lowest BCUT2D eigenvalue weighted by Gasteiger charge is -2.04. The van der Waals surface area contributed by atoms with Gasteiger partial charge in [0.05, 0.1) is 4.92 Å². The van der Waals surface area contributed by atoms with Crippen LogP contribution in [0, 0.1) is 10.1 Å². The second-order valence-corrected chi connectivity index (χ2v) is 5.64. The molecule has 0 spiro atoms. The molecule has 0 aliphatic heterocycles. The van der Waals surface area contributed by atoms with Gasteiger partial charge in [-0.2, -0.15) is 0 Å². The monoisotopic (exact) mass is 390 g/mol. The Morgan fingerprint density at radius 3 is 2.67 bits per heavy atom. The van der Waals surface area contributed by atoms with Gasteiger partial charge in [0.15, 0.2) is 6.61 Å². The van der Waals surface area contributed by atoms with Gasteiger partial charge in [-0.05, 0) is 23.8 Å². The summed E-state index contributed by atoms with van der Waals surface area (Å²) in [4.78, 5) is 38.1. The maximum atomic E-state index is 11.7. The van der Waals surface area contributed by atoms with Gasteiger partial charge in [0, 0.05) is 29.4 Å². The van der Waals surface area contributed by atoms with Crippen LogP contribution >= 0.6 is 11.6 Å². The molecule has 0 aliphatic rings. The maximum absolute atomic E-state index is 11.7. The van der Waals surface area contributed by atoms with Crippen LogP contribution in [0.1, 0.15) is 5.56 Å². The van der Waals surface area contributed by atoms with E-state index in [1.54, 1.807) is 24.3 Å². The summed E-state index contributed by atoms with van der Waals surface area (Å²) in [7, 11) is 0. The molecule has 0 saturated heterocycles. The zero-order valence-corrected chi connectivity index (χ0v) is 14.7. The van der Waals surface area contributed by atoms with Crippen molar-refractivity contribution in [3.8, 4) is 0 Å². The Bertz CT molecular complexity index is 855. The van der Waals surface area contributed by atoms with E-state index < -0.39 is 16.7 Å². The number of hydrogen-bond acceptors (Lipinski definition) is 6. The van der Waals surface area contributed by atoms with Gasteiger partial charge >= 0.3 is 0 Å². The highest BCUT2D eigenvalue weighted by atomic mass is 35.5. The van der Waals surface area contributed by atoms with E-state index >= 15 is 0 Å². The van der Waals surface area contributed by atoms with Gasteiger partial charge in [0.25, 0.3) is 17.5 Å². The molecule has 2 N–H and O–H groups in total. The minimum absolute atomic E-state index is 0.154. The predicted octanol–water partition coefficient (Wildman–Crippen LogP) is 2.51. The third-order valence-corrected chi connectivity index (χ3v) is 3.42. The number of carbonyl (C=O) groups excluding carboxylic acids is 2. The molecule has 27 heavy (non-hydrogen) atoms. The summed E-state index contributed by atoms with van der Waals surface area (Å²) in [5.74, 6) is -1.07. The number of nitrogens with zero attached hydrogens (tertiary/aromatic N) is 2. The lowest BCUT2D eigenvalue weighted by molar-refractivity contribution is -0.384. The highest BCUT2D eigenvalue weighted by Crippen LogP contribution is 2.16. The van der Waals surface area contributed by atoms with E-state index in [0.29, 0.717) is 11.6 Å². The number of benzene rings is 2. The van der Waals surface area contributed by atoms with E-state index in [0.717, 1.165) is 11.8 Å². The number of nitro groups is 1. The van der Waals surface area contributed by atoms with Gasteiger partial charge in [0.1, 0.15) is 6.21 Å². The average Bonchev–Trinajstić information content (AvgIpc) is 2.65. The maximum Gasteiger partial charge on any atom is 0.271 e. The first-order chi connectivity index (χ1) is 12.9. The molecule has 10 heteroatoms. The standard InChI is InChI=1S/C17H15ClN4O5/c18-13-6-4-12(5-7-13)9-19-17(24)11-27-20-10-16(23)21-14-2-1-3-15(8-14)22(25)26/h1-8,10H,9,11H2,(H,19,24)(H,21,23)/b20-10-. The molecule has 2 rings (SSSR count). The Labute approximate surface area is 159 Å². The Balaban J connectivity index is 1.70. The Morgan fingerprint density at radius 2 is 1.96 bits per heavy atom. The number of hydrogen-bond donors (Lipinski definition) is 2. The van der Waals surface area contributed by atoms with Crippen LogP contribution in [-0.2, 0) is 21.0 Å². The Hall–Kier alpha value is -3.46. The largest absolute Gasteiger partial charge is 0.386 e. The van der Waals surface area contributed by atoms with E-state index in [1.165, 1.54) is 24.3 Å². The first-order valence-electron chi connectivity index (χ1n) is 7.66. The number of rotatable bonds is 8. The Morgan fingerprint density at radius 1 is 1.22 bits per heavy atom. The van der Waals surface area contributed by atoms with Crippen molar-refractivity contribution >= 4 is 41.0 Å². The van der Waals surface area contributed by atoms with Crippen LogP contribution in [0.3, 0.4) is 0 Å². The number of oxime groups is 1. The summed E-state index contributed by atoms with van der Waals surface area (Å²) in [6.45, 7) is -0.0650. The summed E-state index contributed by atoms with van der Waals surface area (Å²) >= 11 is 5.77. The second-order valence-electron chi connectivity index (χ2n) is 5.21. The zero-order chi connectivity index (χ0) is 19.6. The van der Waals surface area contributed by atoms with Gasteiger partial charge in [-0.15, -0.1) is 0 Å². The summed E-state index contributed by atoms with van der Waals surface area (Å²) in [6, 6.07) is 12.4. The molecule has 2 aromatic carbocycles. The first-order valence-corrected chi connectivity index (χ1v) is 8.04. The number of non-ortho nitro benzene ring substituents is 1. The minimum Gasteiger partial charge on any atom is -0.386 e. The van der Waals surface area contributed by atoms with Gasteiger partial charge < -0.3 is 15.5 Å². The van der Waals surface area contributed by atoms with Crippen LogP contribution in [0.2, 0.25) is 5.02 Å². The predicted molar refractivity (Wildman–Crippen MR) is 99.5 cm³/mol. The highest BCUT2D eigenvalue weighted by molar-refractivity contribution is 6.31. The van der Waals surface area contributed by atoms with Gasteiger partial charge in [-0.1, -0.05) is 35.0 Å². The van der Waals surface area contributed by atoms with E-state index in [9.17, 15) is 19.7 Å². The normalized spacial score (nSPS) is 10.4. The van der Waals surface area contributed by atoms with Crippen LogP contribution in [-0.4, -0.2) is 29.6 Å². The number of halogens is 1. The quantitative estimate of drug-likeness (QED) is 0.407. The fourth-order valence-corrected chi connectivity index (χ4v) is 2.03. The fraction of sp³-hybridized carbons (Fsp3) is 0.118. The molecule has 0 radical (unpaired) electrons. The van der Waals surface area contributed by atoms with Crippen molar-refractivity contribution in [2.45, 2.75) is 6.54 Å². The molecule has 9 nitrogen and oxygen atoms in total. The molecule has 0 bridgehead atoms. The van der Waals surface area contributed by atoms with Crippen LogP contribution in [0.25, 0.3) is 0 Å². The molecule has 0 fully saturated rings. The molecule has 0 atom stereocenters. The summed E-state index contributed by atoms with van der Waals surface area (Å²) in [6.07, 6.45) is 0.825. The van der Waals surface area contributed by atoms with E-state index in [4.69, 9.17) is 16.4 Å². The summed E-state index contributed by atoms with van der Waals surface area (Å²) in [5.41, 5.74) is 0.951. The van der Waals surface area contributed by atoms with Crippen molar-refractivity contribution in [3.05, 3.63) is 69.2 Å². The first kappa shape index (κ1) is 19.9. The second kappa shape index (κ2) is 9.88. The molecule has 0 saturated carbocycles. The summed E-state index contributed by atoms with van der Waals surface area (Å²) in [5, 5.41) is 19.7. The lowest BCUT2D eigenvalue weighted by atomic mass is 10.2. The molecule has 0 aromatic heterocycles. The summed E-state index contributed by atoms with van der Waals surface area (Å²) < 4.78 is 0. The van der Waals surface area contributed by atoms with Crippen molar-refractivity contribution in [3.63, 3.8) is 0 Å². The minimum atomic E-state index is -0.655. The number of nitro benzene ring substituents is 1. The van der Waals surface area contributed by atoms with E-state index in [-0.39, 0.29) is 18.0 Å². The van der Waals surface area contributed by atoms with E-state index in [1.807, 2.05) is 0 Å². The van der Waals surface area contributed by atoms with Gasteiger partial charge in [-0.25, -0.2) is 0 Å². The topological polar surface area (TPSA) is 123 Å². The molecule has 140 valence electrons. The average molecular weight is 391 g/mol. The van der Waals surface area contributed by atoms with Crippen molar-refractivity contribution < 1.29 is 19.3 Å². The molecular formula is C17H15ClN4O5. The zero-order valence-electron chi connectivity index (χ0n) is 13.9. The third-order valence-electron chi connectivity index (χ3n) is 3.17. The van der Waals surface area contributed by atoms with Crippen molar-refractivity contribution in [2.24, 2.45) is 5.16 Å². The van der Waals surface area contributed by atoms with Crippen molar-refractivity contribution in [2.75, 3.05) is 11.9 Å². The molecule has 0 aliphatic carbocycles. The lowest BCUT2D eigenvalue weighted by Crippen LogP contribution is -2.26. The van der Waals surface area contributed by atoms with Crippen LogP contribution < -0.4 is 10.6 Å². The van der Waals surface area contributed by atoms with Crippen LogP contribution in [0.15, 0.2) is 53.7 Å². The number of amides is 2. The SMILES string of the molecule is O=C(/C=N\OCC(=O)NCc1ccc(Cl)cc1)Nc1cccc([N+](=O)[O-])c1. The van der Waals surface area contributed by atoms with Crippen LogP contribution in [0.5, 0.6) is 0 Å². The smallest absolute Gasteiger partial charge is 0.271 e. The molecule has 0 heterocycles. The molecule has 0 unspecified atom stereocenters. The fourth-order valence-electron chi connectivity index (χ4n) is 1.91. The number of anilines is 1. The molecular weight excluding hydrogens is 376 g/mol. The van der Waals surface area contributed by atoms with E-state index in [2.05, 4.69) is 15.8 Å². The third kappa shape index (κ3) is 7.12. The number of nitrogens with one attached hydrogen (secondary N) is 2. The van der Waals surface area contributed by atoms with Gasteiger partial charge in [-0.3, -0.25) is 19.7 Å². The Kier molecular flexibility index (Phi) is 7.26. The molecule has 2 aromatic rings.